The average molecular weight is 232 g/mol. The summed E-state index contributed by atoms with van der Waals surface area (Å²) in [5.74, 6) is 0.503. The highest BCUT2D eigenvalue weighted by molar-refractivity contribution is 5.80. The lowest BCUT2D eigenvalue weighted by atomic mass is 10.3. The Balaban J connectivity index is 2.52. The minimum atomic E-state index is -0.354. The van der Waals surface area contributed by atoms with Crippen molar-refractivity contribution in [2.45, 2.75) is 13.1 Å². The van der Waals surface area contributed by atoms with E-state index in [2.05, 4.69) is 4.98 Å². The monoisotopic (exact) mass is 232 g/mol. The molecule has 1 heterocycles. The molecular formula is C12H16N4O. The van der Waals surface area contributed by atoms with Gasteiger partial charge in [0.2, 0.25) is 5.91 Å². The standard InChI is InChI=1S/C12H16N4O/c1-15(2)8-12-14-9-5-3-4-6-10(9)16(12)7-11(13)17/h3-6H,7-8H2,1-2H3,(H2,13,17). The number of carbonyl (C=O) groups is 1. The zero-order chi connectivity index (χ0) is 12.4. The first kappa shape index (κ1) is 11.6. The molecule has 0 atom stereocenters. The molecule has 1 aromatic carbocycles. The fourth-order valence-corrected chi connectivity index (χ4v) is 1.86. The van der Waals surface area contributed by atoms with Crippen molar-refractivity contribution >= 4 is 16.9 Å². The maximum atomic E-state index is 11.1. The third kappa shape index (κ3) is 2.45. The Morgan fingerprint density at radius 2 is 2.12 bits per heavy atom. The van der Waals surface area contributed by atoms with Crippen molar-refractivity contribution in [1.82, 2.24) is 14.5 Å². The molecule has 90 valence electrons. The smallest absolute Gasteiger partial charge is 0.237 e. The van der Waals surface area contributed by atoms with Gasteiger partial charge >= 0.3 is 0 Å². The Morgan fingerprint density at radius 3 is 2.76 bits per heavy atom. The topological polar surface area (TPSA) is 64.2 Å². The van der Waals surface area contributed by atoms with Crippen molar-refractivity contribution in [2.75, 3.05) is 14.1 Å². The molecule has 0 bridgehead atoms. The average Bonchev–Trinajstić information content (AvgIpc) is 2.55. The van der Waals surface area contributed by atoms with E-state index in [0.29, 0.717) is 6.54 Å². The highest BCUT2D eigenvalue weighted by Crippen LogP contribution is 2.16. The summed E-state index contributed by atoms with van der Waals surface area (Å²) in [6.45, 7) is 0.853. The van der Waals surface area contributed by atoms with E-state index in [1.807, 2.05) is 47.8 Å². The lowest BCUT2D eigenvalue weighted by Crippen LogP contribution is -2.22. The number of benzene rings is 1. The molecule has 0 aliphatic carbocycles. The van der Waals surface area contributed by atoms with E-state index in [1.54, 1.807) is 0 Å². The van der Waals surface area contributed by atoms with Gasteiger partial charge in [0.05, 0.1) is 17.6 Å². The predicted octanol–water partition coefficient (Wildman–Crippen LogP) is 0.583. The van der Waals surface area contributed by atoms with Crippen LogP contribution in [0.2, 0.25) is 0 Å². The number of imidazole rings is 1. The highest BCUT2D eigenvalue weighted by atomic mass is 16.1. The molecule has 0 saturated heterocycles. The molecule has 17 heavy (non-hydrogen) atoms. The number of carbonyl (C=O) groups excluding carboxylic acids is 1. The van der Waals surface area contributed by atoms with Gasteiger partial charge in [-0.05, 0) is 26.2 Å². The number of primary amides is 1. The quantitative estimate of drug-likeness (QED) is 0.838. The molecule has 0 radical (unpaired) electrons. The molecule has 0 spiro atoms. The maximum Gasteiger partial charge on any atom is 0.237 e. The Bertz CT molecular complexity index is 544. The summed E-state index contributed by atoms with van der Waals surface area (Å²) >= 11 is 0. The van der Waals surface area contributed by atoms with Crippen LogP contribution in [0.4, 0.5) is 0 Å². The fraction of sp³-hybridized carbons (Fsp3) is 0.333. The molecule has 0 saturated carbocycles. The van der Waals surface area contributed by atoms with Crippen LogP contribution in [0.15, 0.2) is 24.3 Å². The van der Waals surface area contributed by atoms with Crippen LogP contribution in [0.25, 0.3) is 11.0 Å². The normalized spacial score (nSPS) is 11.2. The summed E-state index contributed by atoms with van der Waals surface area (Å²) in [6, 6.07) is 7.75. The van der Waals surface area contributed by atoms with Crippen LogP contribution >= 0.6 is 0 Å². The predicted molar refractivity (Wildman–Crippen MR) is 66.3 cm³/mol. The van der Waals surface area contributed by atoms with E-state index >= 15 is 0 Å². The summed E-state index contributed by atoms with van der Waals surface area (Å²) in [5.41, 5.74) is 7.11. The summed E-state index contributed by atoms with van der Waals surface area (Å²) in [6.07, 6.45) is 0. The Labute approximate surface area is 99.8 Å². The fourth-order valence-electron chi connectivity index (χ4n) is 1.86. The molecule has 0 aliphatic rings. The number of nitrogens with zero attached hydrogens (tertiary/aromatic N) is 3. The maximum absolute atomic E-state index is 11.1. The van der Waals surface area contributed by atoms with Crippen LogP contribution in [-0.2, 0) is 17.9 Å². The Kier molecular flexibility index (Phi) is 3.10. The van der Waals surface area contributed by atoms with Crippen molar-refractivity contribution < 1.29 is 4.79 Å². The second kappa shape index (κ2) is 4.55. The molecule has 5 nitrogen and oxygen atoms in total. The summed E-state index contributed by atoms with van der Waals surface area (Å²) in [4.78, 5) is 17.6. The van der Waals surface area contributed by atoms with Crippen LogP contribution in [0.1, 0.15) is 5.82 Å². The molecule has 1 aromatic heterocycles. The summed E-state index contributed by atoms with van der Waals surface area (Å²) in [5, 5.41) is 0. The molecule has 0 aliphatic heterocycles. The Morgan fingerprint density at radius 1 is 1.41 bits per heavy atom. The number of para-hydroxylation sites is 2. The van der Waals surface area contributed by atoms with Gasteiger partial charge in [0, 0.05) is 0 Å². The van der Waals surface area contributed by atoms with E-state index < -0.39 is 0 Å². The third-order valence-electron chi connectivity index (χ3n) is 2.51. The number of hydrogen-bond acceptors (Lipinski definition) is 3. The van der Waals surface area contributed by atoms with E-state index in [9.17, 15) is 4.79 Å². The van der Waals surface area contributed by atoms with Crippen LogP contribution in [0.3, 0.4) is 0 Å². The van der Waals surface area contributed by atoms with Gasteiger partial charge in [0.25, 0.3) is 0 Å². The molecule has 5 heteroatoms. The number of amides is 1. The number of fused-ring (bicyclic) bond motifs is 1. The second-order valence-corrected chi connectivity index (χ2v) is 4.31. The van der Waals surface area contributed by atoms with E-state index in [4.69, 9.17) is 5.73 Å². The second-order valence-electron chi connectivity index (χ2n) is 4.31. The van der Waals surface area contributed by atoms with Gasteiger partial charge in [0.1, 0.15) is 12.4 Å². The Hall–Kier alpha value is -1.88. The largest absolute Gasteiger partial charge is 0.368 e. The van der Waals surface area contributed by atoms with Crippen LogP contribution in [0.5, 0.6) is 0 Å². The van der Waals surface area contributed by atoms with Crippen molar-refractivity contribution in [3.8, 4) is 0 Å². The van der Waals surface area contributed by atoms with Gasteiger partial charge in [-0.25, -0.2) is 4.98 Å². The zero-order valence-electron chi connectivity index (χ0n) is 10.1. The van der Waals surface area contributed by atoms with Crippen molar-refractivity contribution in [2.24, 2.45) is 5.73 Å². The molecule has 1 amide bonds. The number of nitrogens with two attached hydrogens (primary N) is 1. The van der Waals surface area contributed by atoms with Crippen molar-refractivity contribution in [3.63, 3.8) is 0 Å². The number of rotatable bonds is 4. The van der Waals surface area contributed by atoms with E-state index in [-0.39, 0.29) is 12.5 Å². The minimum Gasteiger partial charge on any atom is -0.368 e. The highest BCUT2D eigenvalue weighted by Gasteiger charge is 2.12. The van der Waals surface area contributed by atoms with Gasteiger partial charge in [0.15, 0.2) is 0 Å². The van der Waals surface area contributed by atoms with Gasteiger partial charge in [-0.2, -0.15) is 0 Å². The minimum absolute atomic E-state index is 0.170. The van der Waals surface area contributed by atoms with Crippen molar-refractivity contribution in [1.29, 1.82) is 0 Å². The first-order valence-electron chi connectivity index (χ1n) is 5.45. The molecule has 2 rings (SSSR count). The van der Waals surface area contributed by atoms with Gasteiger partial charge in [-0.15, -0.1) is 0 Å². The van der Waals surface area contributed by atoms with Crippen LogP contribution in [-0.4, -0.2) is 34.5 Å². The van der Waals surface area contributed by atoms with Gasteiger partial charge in [-0.3, -0.25) is 4.79 Å². The number of aromatic nitrogens is 2. The summed E-state index contributed by atoms with van der Waals surface area (Å²) < 4.78 is 1.87. The van der Waals surface area contributed by atoms with Crippen LogP contribution < -0.4 is 5.73 Å². The SMILES string of the molecule is CN(C)Cc1nc2ccccc2n1CC(N)=O. The molecular weight excluding hydrogens is 216 g/mol. The van der Waals surface area contributed by atoms with E-state index in [1.165, 1.54) is 0 Å². The van der Waals surface area contributed by atoms with E-state index in [0.717, 1.165) is 16.9 Å². The van der Waals surface area contributed by atoms with Gasteiger partial charge in [-0.1, -0.05) is 12.1 Å². The third-order valence-corrected chi connectivity index (χ3v) is 2.51. The first-order valence-corrected chi connectivity index (χ1v) is 5.45. The summed E-state index contributed by atoms with van der Waals surface area (Å²) in [7, 11) is 3.93. The number of hydrogen-bond donors (Lipinski definition) is 1. The zero-order valence-corrected chi connectivity index (χ0v) is 10.1. The molecule has 0 unspecified atom stereocenters. The van der Waals surface area contributed by atoms with Gasteiger partial charge < -0.3 is 15.2 Å². The lowest BCUT2D eigenvalue weighted by Gasteiger charge is -2.11. The first-order chi connectivity index (χ1) is 8.08. The molecule has 2 aromatic rings. The lowest BCUT2D eigenvalue weighted by molar-refractivity contribution is -0.118. The van der Waals surface area contributed by atoms with Crippen molar-refractivity contribution in [3.05, 3.63) is 30.1 Å². The molecule has 0 fully saturated rings. The molecule has 2 N–H and O–H groups in total. The van der Waals surface area contributed by atoms with Crippen LogP contribution in [0, 0.1) is 0 Å².